The highest BCUT2D eigenvalue weighted by Gasteiger charge is 2.28. The van der Waals surface area contributed by atoms with Crippen molar-refractivity contribution >= 4 is 18.1 Å². The van der Waals surface area contributed by atoms with Gasteiger partial charge in [-0.05, 0) is 24.5 Å². The molecule has 2 N–H and O–H groups in total. The summed E-state index contributed by atoms with van der Waals surface area (Å²) in [5, 5.41) is 11.1. The highest BCUT2D eigenvalue weighted by Crippen LogP contribution is 2.29. The molecule has 0 saturated carbocycles. The predicted molar refractivity (Wildman–Crippen MR) is 90.2 cm³/mol. The Morgan fingerprint density at radius 1 is 1.43 bits per heavy atom. The second-order valence-corrected chi connectivity index (χ2v) is 5.51. The number of rotatable bonds is 6. The second-order valence-electron chi connectivity index (χ2n) is 5.51. The van der Waals surface area contributed by atoms with Crippen LogP contribution in [0.3, 0.4) is 0 Å². The van der Waals surface area contributed by atoms with Crippen molar-refractivity contribution in [2.45, 2.75) is 31.5 Å². The van der Waals surface area contributed by atoms with E-state index < -0.39 is 4.92 Å². The van der Waals surface area contributed by atoms with Gasteiger partial charge in [-0.2, -0.15) is 0 Å². The lowest BCUT2D eigenvalue weighted by Crippen LogP contribution is -2.47. The van der Waals surface area contributed by atoms with E-state index in [1.807, 2.05) is 6.07 Å². The molecule has 2 unspecified atom stereocenters. The van der Waals surface area contributed by atoms with E-state index in [0.29, 0.717) is 13.1 Å². The lowest BCUT2D eigenvalue weighted by atomic mass is 9.98. The Balaban J connectivity index is 0.00000264. The summed E-state index contributed by atoms with van der Waals surface area (Å²) in [7, 11) is 3.16. The normalized spacial score (nSPS) is 21.5. The van der Waals surface area contributed by atoms with E-state index in [4.69, 9.17) is 15.2 Å². The van der Waals surface area contributed by atoms with E-state index in [1.54, 1.807) is 19.2 Å². The van der Waals surface area contributed by atoms with Crippen LogP contribution in [-0.2, 0) is 11.3 Å². The van der Waals surface area contributed by atoms with Crippen molar-refractivity contribution in [3.05, 3.63) is 33.9 Å². The van der Waals surface area contributed by atoms with Crippen LogP contribution < -0.4 is 10.5 Å². The summed E-state index contributed by atoms with van der Waals surface area (Å²) in [4.78, 5) is 13.0. The van der Waals surface area contributed by atoms with Crippen molar-refractivity contribution in [3.8, 4) is 5.75 Å². The van der Waals surface area contributed by atoms with E-state index in [2.05, 4.69) is 4.90 Å². The topological polar surface area (TPSA) is 90.9 Å². The maximum Gasteiger partial charge on any atom is 0.311 e. The van der Waals surface area contributed by atoms with Gasteiger partial charge in [-0.1, -0.05) is 6.07 Å². The number of piperidine rings is 1. The van der Waals surface area contributed by atoms with Crippen LogP contribution in [0.15, 0.2) is 18.2 Å². The average Bonchev–Trinajstić information content (AvgIpc) is 2.55. The van der Waals surface area contributed by atoms with Crippen molar-refractivity contribution in [2.24, 2.45) is 5.73 Å². The number of nitrogens with two attached hydrogens (primary N) is 1. The molecule has 1 heterocycles. The Morgan fingerprint density at radius 2 is 2.17 bits per heavy atom. The zero-order valence-electron chi connectivity index (χ0n) is 13.4. The van der Waals surface area contributed by atoms with Gasteiger partial charge in [0.2, 0.25) is 0 Å². The van der Waals surface area contributed by atoms with Crippen LogP contribution in [0.25, 0.3) is 0 Å². The Hall–Kier alpha value is -1.41. The van der Waals surface area contributed by atoms with Gasteiger partial charge in [-0.25, -0.2) is 0 Å². The van der Waals surface area contributed by atoms with Crippen LogP contribution in [0.4, 0.5) is 5.69 Å². The van der Waals surface area contributed by atoms with Crippen LogP contribution in [0.5, 0.6) is 5.75 Å². The molecule has 0 spiro atoms. The first-order valence-electron chi connectivity index (χ1n) is 7.37. The van der Waals surface area contributed by atoms with Gasteiger partial charge in [0.1, 0.15) is 0 Å². The number of ether oxygens (including phenoxy) is 2. The summed E-state index contributed by atoms with van der Waals surface area (Å²) in [5.41, 5.74) is 6.75. The highest BCUT2D eigenvalue weighted by molar-refractivity contribution is 5.85. The van der Waals surface area contributed by atoms with E-state index in [-0.39, 0.29) is 36.0 Å². The molecule has 1 aromatic rings. The summed E-state index contributed by atoms with van der Waals surface area (Å²) in [6.07, 6.45) is 2.09. The zero-order chi connectivity index (χ0) is 16.1. The van der Waals surface area contributed by atoms with Gasteiger partial charge in [0, 0.05) is 38.9 Å². The molecule has 1 aromatic carbocycles. The molecule has 23 heavy (non-hydrogen) atoms. The maximum absolute atomic E-state index is 11.1. The largest absolute Gasteiger partial charge is 0.490 e. The first-order valence-corrected chi connectivity index (χ1v) is 7.37. The maximum atomic E-state index is 11.1. The fourth-order valence-electron chi connectivity index (χ4n) is 2.94. The summed E-state index contributed by atoms with van der Waals surface area (Å²) in [6.45, 7) is 2.07. The molecule has 0 bridgehead atoms. The first kappa shape index (κ1) is 19.6. The Labute approximate surface area is 142 Å². The fraction of sp³-hybridized carbons (Fsp3) is 0.600. The molecule has 7 nitrogen and oxygen atoms in total. The lowest BCUT2D eigenvalue weighted by molar-refractivity contribution is -0.385. The molecular weight excluding hydrogens is 322 g/mol. The fourth-order valence-corrected chi connectivity index (χ4v) is 2.94. The van der Waals surface area contributed by atoms with Crippen molar-refractivity contribution in [1.82, 2.24) is 4.90 Å². The molecule has 1 saturated heterocycles. The van der Waals surface area contributed by atoms with Gasteiger partial charge in [-0.3, -0.25) is 15.0 Å². The van der Waals surface area contributed by atoms with Gasteiger partial charge in [0.05, 0.1) is 18.1 Å². The smallest absolute Gasteiger partial charge is 0.311 e. The van der Waals surface area contributed by atoms with Gasteiger partial charge >= 0.3 is 5.69 Å². The predicted octanol–water partition coefficient (Wildman–Crippen LogP) is 1.96. The molecule has 0 aliphatic carbocycles. The molecule has 1 aliphatic heterocycles. The summed E-state index contributed by atoms with van der Waals surface area (Å²) < 4.78 is 10.4. The zero-order valence-corrected chi connectivity index (χ0v) is 14.3. The van der Waals surface area contributed by atoms with E-state index >= 15 is 0 Å². The van der Waals surface area contributed by atoms with Gasteiger partial charge in [0.25, 0.3) is 0 Å². The molecule has 0 radical (unpaired) electrons. The summed E-state index contributed by atoms with van der Waals surface area (Å²) in [6, 6.07) is 5.32. The monoisotopic (exact) mass is 345 g/mol. The van der Waals surface area contributed by atoms with Gasteiger partial charge < -0.3 is 15.2 Å². The Bertz CT molecular complexity index is 529. The van der Waals surface area contributed by atoms with Crippen LogP contribution in [-0.4, -0.2) is 49.3 Å². The van der Waals surface area contributed by atoms with Crippen LogP contribution in [0.2, 0.25) is 0 Å². The SMILES string of the molecule is COc1ccc(CN2CCC(OC)CC2CN)cc1[N+](=O)[O-].Cl. The van der Waals surface area contributed by atoms with Gasteiger partial charge in [0.15, 0.2) is 5.75 Å². The third-order valence-electron chi connectivity index (χ3n) is 4.22. The molecule has 2 rings (SSSR count). The lowest BCUT2D eigenvalue weighted by Gasteiger charge is -2.38. The summed E-state index contributed by atoms with van der Waals surface area (Å²) in [5.74, 6) is 0.280. The Kier molecular flexibility index (Phi) is 7.70. The highest BCUT2D eigenvalue weighted by atomic mass is 35.5. The number of nitro benzene ring substituents is 1. The quantitative estimate of drug-likeness (QED) is 0.626. The molecule has 0 amide bonds. The van der Waals surface area contributed by atoms with E-state index in [0.717, 1.165) is 24.9 Å². The van der Waals surface area contributed by atoms with E-state index in [9.17, 15) is 10.1 Å². The molecule has 1 fully saturated rings. The van der Waals surface area contributed by atoms with Crippen molar-refractivity contribution in [3.63, 3.8) is 0 Å². The first-order chi connectivity index (χ1) is 10.6. The number of nitrogens with zero attached hydrogens (tertiary/aromatic N) is 2. The molecule has 1 aliphatic rings. The average molecular weight is 346 g/mol. The molecule has 0 aromatic heterocycles. The molecule has 130 valence electrons. The van der Waals surface area contributed by atoms with Crippen molar-refractivity contribution < 1.29 is 14.4 Å². The van der Waals surface area contributed by atoms with Gasteiger partial charge in [-0.15, -0.1) is 12.4 Å². The number of likely N-dealkylation sites (tertiary alicyclic amines) is 1. The minimum atomic E-state index is -0.417. The van der Waals surface area contributed by atoms with Crippen LogP contribution in [0.1, 0.15) is 18.4 Å². The number of hydrogen-bond donors (Lipinski definition) is 1. The number of hydrogen-bond acceptors (Lipinski definition) is 6. The number of halogens is 1. The van der Waals surface area contributed by atoms with Crippen LogP contribution >= 0.6 is 12.4 Å². The third-order valence-corrected chi connectivity index (χ3v) is 4.22. The number of nitro groups is 1. The second kappa shape index (κ2) is 9.02. The summed E-state index contributed by atoms with van der Waals surface area (Å²) >= 11 is 0. The van der Waals surface area contributed by atoms with E-state index in [1.165, 1.54) is 7.11 Å². The van der Waals surface area contributed by atoms with Crippen molar-refractivity contribution in [2.75, 3.05) is 27.3 Å². The standard InChI is InChI=1S/C15H23N3O4.ClH/c1-21-13-5-6-17(12(8-13)9-16)10-11-3-4-15(22-2)14(7-11)18(19)20;/h3-4,7,12-13H,5-6,8-10,16H2,1-2H3;1H. The Morgan fingerprint density at radius 3 is 2.74 bits per heavy atom. The molecule has 2 atom stereocenters. The minimum absolute atomic E-state index is 0. The van der Waals surface area contributed by atoms with Crippen LogP contribution in [0, 0.1) is 10.1 Å². The van der Waals surface area contributed by atoms with Crippen molar-refractivity contribution in [1.29, 1.82) is 0 Å². The third kappa shape index (κ3) is 4.78. The number of methoxy groups -OCH3 is 2. The molecule has 8 heteroatoms. The minimum Gasteiger partial charge on any atom is -0.490 e. The number of benzene rings is 1. The molecular formula is C15H24ClN3O4.